The summed E-state index contributed by atoms with van der Waals surface area (Å²) in [5, 5.41) is 10.9. The van der Waals surface area contributed by atoms with E-state index in [2.05, 4.69) is 25.7 Å². The van der Waals surface area contributed by atoms with Gasteiger partial charge in [-0.05, 0) is 61.8 Å². The molecular formula is C31H40N2O5. The van der Waals surface area contributed by atoms with Gasteiger partial charge in [0.05, 0.1) is 25.3 Å². The zero-order valence-electron chi connectivity index (χ0n) is 23.0. The number of amides is 1. The molecule has 0 saturated carbocycles. The molecule has 2 aromatic carbocycles. The highest BCUT2D eigenvalue weighted by atomic mass is 16.5. The lowest BCUT2D eigenvalue weighted by Gasteiger charge is -2.28. The van der Waals surface area contributed by atoms with E-state index in [1.165, 1.54) is 6.08 Å². The van der Waals surface area contributed by atoms with E-state index >= 15 is 0 Å². The van der Waals surface area contributed by atoms with Gasteiger partial charge in [-0.25, -0.2) is 0 Å². The van der Waals surface area contributed by atoms with Gasteiger partial charge in [0.15, 0.2) is 23.0 Å². The molecule has 0 aliphatic carbocycles. The highest BCUT2D eigenvalue weighted by Crippen LogP contribution is 2.41. The average Bonchev–Trinajstić information content (AvgIpc) is 3.20. The van der Waals surface area contributed by atoms with E-state index in [0.29, 0.717) is 36.6 Å². The van der Waals surface area contributed by atoms with Gasteiger partial charge in [-0.15, -0.1) is 0 Å². The van der Waals surface area contributed by atoms with Crippen LogP contribution in [0.3, 0.4) is 0 Å². The molecule has 1 aliphatic rings. The number of hydrogen-bond donors (Lipinski definition) is 1. The summed E-state index contributed by atoms with van der Waals surface area (Å²) < 4.78 is 11.5. The Hall–Kier alpha value is -3.58. The predicted molar refractivity (Wildman–Crippen MR) is 150 cm³/mol. The molecule has 2 aromatic rings. The second kappa shape index (κ2) is 14.4. The van der Waals surface area contributed by atoms with Crippen LogP contribution in [-0.4, -0.2) is 66.5 Å². The maximum Gasteiger partial charge on any atom is 0.290 e. The van der Waals surface area contributed by atoms with Gasteiger partial charge in [-0.3, -0.25) is 9.59 Å². The highest BCUT2D eigenvalue weighted by Gasteiger charge is 2.42. The van der Waals surface area contributed by atoms with Crippen LogP contribution in [0.2, 0.25) is 0 Å². The monoisotopic (exact) mass is 520 g/mol. The highest BCUT2D eigenvalue weighted by molar-refractivity contribution is 6.14. The minimum Gasteiger partial charge on any atom is -0.503 e. The number of benzene rings is 2. The molecule has 0 fully saturated rings. The van der Waals surface area contributed by atoms with Gasteiger partial charge in [0.1, 0.15) is 0 Å². The van der Waals surface area contributed by atoms with Gasteiger partial charge in [-0.1, -0.05) is 69.7 Å². The van der Waals surface area contributed by atoms with Gasteiger partial charge in [-0.2, -0.15) is 0 Å². The lowest BCUT2D eigenvalue weighted by Crippen LogP contribution is -2.34. The molecule has 1 unspecified atom stereocenters. The Balaban J connectivity index is 1.95. The van der Waals surface area contributed by atoms with Crippen molar-refractivity contribution in [2.45, 2.75) is 46.1 Å². The number of carbonyl (C=O) groups excluding carboxylic acids is 2. The maximum atomic E-state index is 13.4. The van der Waals surface area contributed by atoms with Gasteiger partial charge in [0.25, 0.3) is 5.91 Å². The van der Waals surface area contributed by atoms with Crippen LogP contribution >= 0.6 is 0 Å². The molecule has 1 aliphatic heterocycles. The number of methoxy groups -OCH3 is 1. The Morgan fingerprint density at radius 2 is 1.79 bits per heavy atom. The van der Waals surface area contributed by atoms with Crippen molar-refractivity contribution < 1.29 is 24.2 Å². The van der Waals surface area contributed by atoms with Gasteiger partial charge >= 0.3 is 0 Å². The number of allylic oxidation sites excluding steroid dienone is 1. The lowest BCUT2D eigenvalue weighted by molar-refractivity contribution is -0.129. The van der Waals surface area contributed by atoms with Crippen molar-refractivity contribution in [3.05, 3.63) is 77.1 Å². The summed E-state index contributed by atoms with van der Waals surface area (Å²) in [5.41, 5.74) is 1.61. The molecule has 7 nitrogen and oxygen atoms in total. The van der Waals surface area contributed by atoms with Crippen molar-refractivity contribution in [3.8, 4) is 11.5 Å². The minimum absolute atomic E-state index is 0.0757. The van der Waals surface area contributed by atoms with E-state index in [1.807, 2.05) is 36.4 Å². The first-order chi connectivity index (χ1) is 18.4. The Morgan fingerprint density at radius 3 is 2.45 bits per heavy atom. The quantitative estimate of drug-likeness (QED) is 0.244. The number of aliphatic hydroxyl groups is 1. The molecule has 1 atom stereocenters. The molecule has 1 heterocycles. The van der Waals surface area contributed by atoms with E-state index in [0.717, 1.165) is 38.0 Å². The number of rotatable bonds is 15. The average molecular weight is 521 g/mol. The fraction of sp³-hybridized carbons (Fsp3) is 0.419. The van der Waals surface area contributed by atoms with E-state index < -0.39 is 23.5 Å². The molecule has 0 aromatic heterocycles. The smallest absolute Gasteiger partial charge is 0.290 e. The third-order valence-electron chi connectivity index (χ3n) is 6.82. The molecule has 3 rings (SSSR count). The molecule has 0 saturated heterocycles. The molecule has 1 amide bonds. The van der Waals surface area contributed by atoms with E-state index in [-0.39, 0.29) is 5.57 Å². The number of hydrogen-bond acceptors (Lipinski definition) is 6. The summed E-state index contributed by atoms with van der Waals surface area (Å²) in [6.07, 6.45) is 5.76. The largest absolute Gasteiger partial charge is 0.503 e. The standard InChI is InChI=1S/C31H40N2O5/c1-5-8-21-38-26-18-16-24(22-27(26)37-4)29-28(25(34)17-15-23-13-10-9-11-14-23)30(35)31(36)33(29)20-12-19-32(6-2)7-3/h9-11,13-18,22,29,35H,5-8,12,19-21H2,1-4H3. The van der Waals surface area contributed by atoms with E-state index in [4.69, 9.17) is 9.47 Å². The Kier molecular flexibility index (Phi) is 11.0. The van der Waals surface area contributed by atoms with E-state index in [1.54, 1.807) is 30.2 Å². The summed E-state index contributed by atoms with van der Waals surface area (Å²) in [7, 11) is 1.56. The number of nitrogens with zero attached hydrogens (tertiary/aromatic N) is 2. The zero-order valence-corrected chi connectivity index (χ0v) is 23.0. The van der Waals surface area contributed by atoms with Crippen molar-refractivity contribution >= 4 is 17.8 Å². The number of carbonyl (C=O) groups is 2. The Morgan fingerprint density at radius 1 is 1.05 bits per heavy atom. The van der Waals surface area contributed by atoms with Crippen LogP contribution in [0, 0.1) is 0 Å². The number of ketones is 1. The molecule has 38 heavy (non-hydrogen) atoms. The van der Waals surface area contributed by atoms with E-state index in [9.17, 15) is 14.7 Å². The molecule has 1 N–H and O–H groups in total. The van der Waals surface area contributed by atoms with Gasteiger partial charge < -0.3 is 24.4 Å². The van der Waals surface area contributed by atoms with Gasteiger partial charge in [0, 0.05) is 6.54 Å². The topological polar surface area (TPSA) is 79.3 Å². The summed E-state index contributed by atoms with van der Waals surface area (Å²) in [6.45, 7) is 9.93. The first-order valence-electron chi connectivity index (χ1n) is 13.5. The van der Waals surface area contributed by atoms with Crippen molar-refractivity contribution in [1.82, 2.24) is 9.80 Å². The third-order valence-corrected chi connectivity index (χ3v) is 6.82. The Labute approximate surface area is 226 Å². The minimum atomic E-state index is -0.731. The summed E-state index contributed by atoms with van der Waals surface area (Å²) in [5.74, 6) is -0.312. The second-order valence-electron chi connectivity index (χ2n) is 9.26. The maximum absolute atomic E-state index is 13.4. The SMILES string of the molecule is CCCCOc1ccc(C2C(C(=O)C=Cc3ccccc3)=C(O)C(=O)N2CCCN(CC)CC)cc1OC. The van der Waals surface area contributed by atoms with Crippen LogP contribution in [0.4, 0.5) is 0 Å². The summed E-state index contributed by atoms with van der Waals surface area (Å²) in [4.78, 5) is 30.6. The third kappa shape index (κ3) is 7.04. The Bertz CT molecular complexity index is 1140. The van der Waals surface area contributed by atoms with Gasteiger partial charge in [0.2, 0.25) is 0 Å². The first-order valence-corrected chi connectivity index (χ1v) is 13.5. The van der Waals surface area contributed by atoms with Crippen molar-refractivity contribution in [2.75, 3.05) is 39.9 Å². The lowest BCUT2D eigenvalue weighted by atomic mass is 9.95. The molecule has 0 radical (unpaired) electrons. The predicted octanol–water partition coefficient (Wildman–Crippen LogP) is 5.58. The van der Waals surface area contributed by atoms with Crippen LogP contribution in [0.25, 0.3) is 6.08 Å². The molecule has 0 bridgehead atoms. The van der Waals surface area contributed by atoms with Crippen LogP contribution < -0.4 is 9.47 Å². The molecular weight excluding hydrogens is 480 g/mol. The normalized spacial score (nSPS) is 15.7. The summed E-state index contributed by atoms with van der Waals surface area (Å²) >= 11 is 0. The van der Waals surface area contributed by atoms with Crippen molar-refractivity contribution in [2.24, 2.45) is 0 Å². The molecule has 204 valence electrons. The second-order valence-corrected chi connectivity index (χ2v) is 9.26. The zero-order chi connectivity index (χ0) is 27.5. The summed E-state index contributed by atoms with van der Waals surface area (Å²) in [6, 6.07) is 14.2. The first kappa shape index (κ1) is 29.0. The van der Waals surface area contributed by atoms with Crippen LogP contribution in [0.1, 0.15) is 57.2 Å². The molecule has 0 spiro atoms. The number of ether oxygens (including phenoxy) is 2. The number of unbranched alkanes of at least 4 members (excludes halogenated alkanes) is 1. The fourth-order valence-corrected chi connectivity index (χ4v) is 4.61. The van der Waals surface area contributed by atoms with Crippen LogP contribution in [0.15, 0.2) is 65.9 Å². The van der Waals surface area contributed by atoms with Crippen molar-refractivity contribution in [3.63, 3.8) is 0 Å². The van der Waals surface area contributed by atoms with Crippen LogP contribution in [0.5, 0.6) is 11.5 Å². The molecule has 7 heteroatoms. The number of aliphatic hydroxyl groups excluding tert-OH is 1. The fourth-order valence-electron chi connectivity index (χ4n) is 4.61. The van der Waals surface area contributed by atoms with Crippen LogP contribution in [-0.2, 0) is 9.59 Å². The van der Waals surface area contributed by atoms with Crippen molar-refractivity contribution in [1.29, 1.82) is 0 Å².